The molecule has 0 amide bonds. The summed E-state index contributed by atoms with van der Waals surface area (Å²) in [5, 5.41) is 0.167. The Hall–Kier alpha value is -0.500. The first-order valence-electron chi connectivity index (χ1n) is 7.02. The van der Waals surface area contributed by atoms with Gasteiger partial charge in [-0.05, 0) is 24.1 Å². The van der Waals surface area contributed by atoms with Crippen molar-refractivity contribution < 1.29 is 3.89 Å². The summed E-state index contributed by atoms with van der Waals surface area (Å²) in [6.45, 7) is 14.1. The second kappa shape index (κ2) is 7.83. The molecule has 0 aliphatic carbocycles. The first-order valence-corrected chi connectivity index (χ1v) is 8.68. The van der Waals surface area contributed by atoms with Crippen LogP contribution in [0.3, 0.4) is 0 Å². The molecule has 18 heavy (non-hydrogen) atoms. The van der Waals surface area contributed by atoms with Crippen molar-refractivity contribution in [3.8, 4) is 0 Å². The second-order valence-corrected chi connectivity index (χ2v) is 8.33. The number of hydrogen-bond donors (Lipinski definition) is 0. The Balaban J connectivity index is 0.00000137. The molecule has 106 valence electrons. The molecule has 0 unspecified atom stereocenters. The van der Waals surface area contributed by atoms with E-state index in [1.54, 1.807) is 0 Å². The number of benzene rings is 1. The molecule has 0 nitrogen and oxygen atoms in total. The maximum atomic E-state index is 15.1. The molecule has 0 aliphatic heterocycles. The van der Waals surface area contributed by atoms with Crippen LogP contribution < -0.4 is 0 Å². The van der Waals surface area contributed by atoms with Crippen LogP contribution in [-0.2, 0) is 6.42 Å². The predicted molar refractivity (Wildman–Crippen MR) is 84.4 cm³/mol. The lowest BCUT2D eigenvalue weighted by Gasteiger charge is -2.39. The number of aryl methyl sites for hydroxylation is 1. The minimum atomic E-state index is -2.18. The van der Waals surface area contributed by atoms with Gasteiger partial charge in [-0.1, -0.05) is 71.0 Å². The Bertz CT molecular complexity index is 319. The highest BCUT2D eigenvalue weighted by atomic mass is 32.3. The molecule has 1 aromatic rings. The maximum Gasteiger partial charge on any atom is 0.0179 e. The molecule has 0 saturated heterocycles. The summed E-state index contributed by atoms with van der Waals surface area (Å²) < 4.78 is 15.1. The van der Waals surface area contributed by atoms with Gasteiger partial charge in [0, 0.05) is 15.4 Å². The van der Waals surface area contributed by atoms with Crippen molar-refractivity contribution in [3.63, 3.8) is 0 Å². The largest absolute Gasteiger partial charge is 0.184 e. The Morgan fingerprint density at radius 1 is 0.944 bits per heavy atom. The summed E-state index contributed by atoms with van der Waals surface area (Å²) in [4.78, 5) is 0.898. The van der Waals surface area contributed by atoms with Crippen molar-refractivity contribution in [2.45, 2.75) is 70.3 Å². The van der Waals surface area contributed by atoms with Crippen LogP contribution >= 0.6 is 10.4 Å². The second-order valence-electron chi connectivity index (χ2n) is 4.72. The van der Waals surface area contributed by atoms with E-state index in [0.717, 1.165) is 11.3 Å². The van der Waals surface area contributed by atoms with Crippen LogP contribution in [0.5, 0.6) is 0 Å². The summed E-state index contributed by atoms with van der Waals surface area (Å²) in [7, 11) is -2.18. The van der Waals surface area contributed by atoms with Gasteiger partial charge in [-0.15, -0.1) is 0 Å². The molecule has 0 spiro atoms. The van der Waals surface area contributed by atoms with E-state index in [1.807, 2.05) is 53.7 Å². The summed E-state index contributed by atoms with van der Waals surface area (Å²) in [5.74, 6) is 0. The Labute approximate surface area is 115 Å². The molecule has 1 aromatic carbocycles. The molecule has 1 rings (SSSR count). The van der Waals surface area contributed by atoms with E-state index in [2.05, 4.69) is 19.1 Å². The van der Waals surface area contributed by atoms with Crippen LogP contribution in [0.1, 0.15) is 54.0 Å². The standard InChI is InChI=1S/C14H23FS.C2H6/c1-6-13-7-9-14(10-8-13)16(15,11(2)3)12(4)5;1-2/h7-12H,6H2,1-5H3;1-2H3. The number of halogens is 1. The molecule has 0 aromatic heterocycles. The van der Waals surface area contributed by atoms with Crippen molar-refractivity contribution in [3.05, 3.63) is 29.8 Å². The zero-order chi connectivity index (χ0) is 14.3. The highest BCUT2D eigenvalue weighted by Crippen LogP contribution is 2.64. The molecule has 0 radical (unpaired) electrons. The molecule has 0 aliphatic rings. The summed E-state index contributed by atoms with van der Waals surface area (Å²) in [6, 6.07) is 8.07. The van der Waals surface area contributed by atoms with Crippen LogP contribution in [0.15, 0.2) is 29.2 Å². The minimum absolute atomic E-state index is 0.0833. The third-order valence-corrected chi connectivity index (χ3v) is 6.80. The highest BCUT2D eigenvalue weighted by molar-refractivity contribution is 8.30. The first kappa shape index (κ1) is 17.5. The van der Waals surface area contributed by atoms with Gasteiger partial charge in [0.1, 0.15) is 0 Å². The normalized spacial score (nSPS) is 12.3. The van der Waals surface area contributed by atoms with E-state index >= 15 is 3.89 Å². The van der Waals surface area contributed by atoms with Crippen LogP contribution in [0.4, 0.5) is 3.89 Å². The van der Waals surface area contributed by atoms with Gasteiger partial charge in [-0.3, -0.25) is 0 Å². The maximum absolute atomic E-state index is 15.1. The van der Waals surface area contributed by atoms with Gasteiger partial charge in [0.2, 0.25) is 0 Å². The molecule has 0 atom stereocenters. The van der Waals surface area contributed by atoms with Gasteiger partial charge >= 0.3 is 0 Å². The van der Waals surface area contributed by atoms with E-state index in [4.69, 9.17) is 0 Å². The van der Waals surface area contributed by atoms with E-state index < -0.39 is 10.4 Å². The SMILES string of the molecule is CC.CCc1ccc(S(F)(C(C)C)C(C)C)cc1. The van der Waals surface area contributed by atoms with E-state index in [-0.39, 0.29) is 10.5 Å². The molecule has 0 fully saturated rings. The van der Waals surface area contributed by atoms with Crippen molar-refractivity contribution in [2.75, 3.05) is 0 Å². The Morgan fingerprint density at radius 3 is 1.61 bits per heavy atom. The fourth-order valence-electron chi connectivity index (χ4n) is 2.02. The first-order chi connectivity index (χ1) is 8.42. The van der Waals surface area contributed by atoms with Crippen LogP contribution in [0.2, 0.25) is 0 Å². The topological polar surface area (TPSA) is 0 Å². The van der Waals surface area contributed by atoms with E-state index in [1.165, 1.54) is 5.56 Å². The molecule has 0 N–H and O–H groups in total. The lowest BCUT2D eigenvalue weighted by Crippen LogP contribution is -2.17. The molecular formula is C16H29FS. The average Bonchev–Trinajstić information content (AvgIpc) is 2.39. The van der Waals surface area contributed by atoms with Gasteiger partial charge in [0.15, 0.2) is 0 Å². The van der Waals surface area contributed by atoms with Crippen molar-refractivity contribution in [1.29, 1.82) is 0 Å². The van der Waals surface area contributed by atoms with Gasteiger partial charge in [0.05, 0.1) is 0 Å². The third kappa shape index (κ3) is 3.74. The molecule has 2 heteroatoms. The third-order valence-electron chi connectivity index (χ3n) is 3.06. The highest BCUT2D eigenvalue weighted by Gasteiger charge is 2.33. The van der Waals surface area contributed by atoms with E-state index in [9.17, 15) is 0 Å². The fraction of sp³-hybridized carbons (Fsp3) is 0.625. The summed E-state index contributed by atoms with van der Waals surface area (Å²) in [6.07, 6.45) is 1.01. The lowest BCUT2D eigenvalue weighted by atomic mass is 10.2. The molecule has 0 bridgehead atoms. The lowest BCUT2D eigenvalue weighted by molar-refractivity contribution is 0.806. The van der Waals surface area contributed by atoms with Crippen LogP contribution in [0.25, 0.3) is 0 Å². The minimum Gasteiger partial charge on any atom is -0.184 e. The van der Waals surface area contributed by atoms with Gasteiger partial charge < -0.3 is 0 Å². The molecule has 0 saturated carbocycles. The van der Waals surface area contributed by atoms with Gasteiger partial charge in [0.25, 0.3) is 0 Å². The van der Waals surface area contributed by atoms with Crippen molar-refractivity contribution >= 4 is 10.4 Å². The van der Waals surface area contributed by atoms with Crippen LogP contribution in [0, 0.1) is 0 Å². The predicted octanol–water partition coefficient (Wildman–Crippen LogP) is 6.14. The smallest absolute Gasteiger partial charge is 0.0179 e. The van der Waals surface area contributed by atoms with Crippen molar-refractivity contribution in [1.82, 2.24) is 0 Å². The monoisotopic (exact) mass is 272 g/mol. The zero-order valence-corrected chi connectivity index (χ0v) is 13.8. The number of hydrogen-bond acceptors (Lipinski definition) is 0. The Morgan fingerprint density at radius 2 is 1.33 bits per heavy atom. The zero-order valence-electron chi connectivity index (χ0n) is 13.0. The van der Waals surface area contributed by atoms with E-state index in [0.29, 0.717) is 0 Å². The molecular weight excluding hydrogens is 243 g/mol. The molecule has 0 heterocycles. The Kier molecular flexibility index (Phi) is 7.61. The van der Waals surface area contributed by atoms with Gasteiger partial charge in [-0.25, -0.2) is 0 Å². The van der Waals surface area contributed by atoms with Crippen molar-refractivity contribution in [2.24, 2.45) is 0 Å². The van der Waals surface area contributed by atoms with Gasteiger partial charge in [-0.2, -0.15) is 3.89 Å². The summed E-state index contributed by atoms with van der Waals surface area (Å²) in [5.41, 5.74) is 1.28. The van der Waals surface area contributed by atoms with Crippen LogP contribution in [-0.4, -0.2) is 10.5 Å². The number of rotatable bonds is 4. The summed E-state index contributed by atoms with van der Waals surface area (Å²) >= 11 is 0. The quantitative estimate of drug-likeness (QED) is 0.617. The average molecular weight is 272 g/mol. The fourth-order valence-corrected chi connectivity index (χ4v) is 4.75.